The van der Waals surface area contributed by atoms with Crippen LogP contribution in [0.15, 0.2) is 59.1 Å². The van der Waals surface area contributed by atoms with Gasteiger partial charge in [0.05, 0.1) is 23.9 Å². The molecule has 1 aromatic heterocycles. The van der Waals surface area contributed by atoms with Gasteiger partial charge in [-0.2, -0.15) is 0 Å². The molecule has 1 saturated heterocycles. The molecule has 2 amide bonds. The summed E-state index contributed by atoms with van der Waals surface area (Å²) >= 11 is 0. The van der Waals surface area contributed by atoms with Crippen molar-refractivity contribution in [1.82, 2.24) is 20.1 Å². The summed E-state index contributed by atoms with van der Waals surface area (Å²) in [5.74, 6) is 0.0440. The fourth-order valence-corrected chi connectivity index (χ4v) is 3.78. The smallest absolute Gasteiger partial charge is 0.254 e. The molecule has 1 aliphatic heterocycles. The monoisotopic (exact) mass is 436 g/mol. The van der Waals surface area contributed by atoms with Gasteiger partial charge in [-0.25, -0.2) is 9.37 Å². The Balaban J connectivity index is 1.49. The van der Waals surface area contributed by atoms with E-state index in [0.717, 1.165) is 0 Å². The lowest BCUT2D eigenvalue weighted by Gasteiger charge is -2.34. The summed E-state index contributed by atoms with van der Waals surface area (Å²) in [5.41, 5.74) is 1.36. The highest BCUT2D eigenvalue weighted by molar-refractivity contribution is 6.00. The summed E-state index contributed by atoms with van der Waals surface area (Å²) in [6, 6.07) is 13.4. The molecule has 2 heterocycles. The zero-order valence-electron chi connectivity index (χ0n) is 17.9. The normalized spacial score (nSPS) is 14.4. The Bertz CT molecular complexity index is 1110. The number of nitrogens with zero attached hydrogens (tertiary/aromatic N) is 3. The number of rotatable bonds is 6. The number of hydrogen-bond acceptors (Lipinski definition) is 5. The maximum absolute atomic E-state index is 14.1. The Hall–Kier alpha value is -3.52. The first-order chi connectivity index (χ1) is 15.6. The highest BCUT2D eigenvalue weighted by atomic mass is 19.1. The average molecular weight is 436 g/mol. The van der Waals surface area contributed by atoms with Gasteiger partial charge in [0, 0.05) is 38.3 Å². The Labute approximate surface area is 185 Å². The molecule has 0 unspecified atom stereocenters. The number of carbonyl (C=O) groups excluding carboxylic acids is 2. The van der Waals surface area contributed by atoms with E-state index in [-0.39, 0.29) is 17.7 Å². The van der Waals surface area contributed by atoms with Gasteiger partial charge in [0.2, 0.25) is 11.8 Å². The topological polar surface area (TPSA) is 78.7 Å². The van der Waals surface area contributed by atoms with E-state index in [1.165, 1.54) is 12.3 Å². The molecule has 0 atom stereocenters. The molecule has 4 rings (SSSR count). The van der Waals surface area contributed by atoms with Crippen molar-refractivity contribution in [2.45, 2.75) is 6.92 Å². The van der Waals surface area contributed by atoms with E-state index >= 15 is 0 Å². The first-order valence-electron chi connectivity index (χ1n) is 10.6. The Morgan fingerprint density at radius 1 is 1.03 bits per heavy atom. The Kier molecular flexibility index (Phi) is 6.61. The van der Waals surface area contributed by atoms with Crippen LogP contribution in [0, 0.1) is 5.82 Å². The minimum Gasteiger partial charge on any atom is -0.436 e. The minimum atomic E-state index is -0.398. The van der Waals surface area contributed by atoms with Crippen LogP contribution in [0.1, 0.15) is 17.3 Å². The van der Waals surface area contributed by atoms with Gasteiger partial charge in [0.1, 0.15) is 5.82 Å². The molecule has 0 radical (unpaired) electrons. The first kappa shape index (κ1) is 21.7. The van der Waals surface area contributed by atoms with Crippen molar-refractivity contribution in [3.05, 3.63) is 66.1 Å². The minimum absolute atomic E-state index is 0.00725. The number of likely N-dealkylation sites (N-methyl/N-ethyl adjacent to an activating group) is 1. The van der Waals surface area contributed by atoms with Crippen molar-refractivity contribution in [3.63, 3.8) is 0 Å². The molecular formula is C24H25FN4O3. The standard InChI is InChI=1S/C24H25FN4O3/c1-2-26-22(30)16-28-11-13-29(14-12-28)24(31)18-8-4-3-7-17(18)23-27-15-21(32-23)19-9-5-6-10-20(19)25/h3-10,15H,2,11-14,16H2,1H3,(H,26,30). The lowest BCUT2D eigenvalue weighted by Crippen LogP contribution is -2.51. The van der Waals surface area contributed by atoms with E-state index in [1.54, 1.807) is 41.3 Å². The molecular weight excluding hydrogens is 411 g/mol. The third kappa shape index (κ3) is 4.70. The van der Waals surface area contributed by atoms with E-state index in [0.29, 0.717) is 61.7 Å². The van der Waals surface area contributed by atoms with Crippen LogP contribution < -0.4 is 5.32 Å². The van der Waals surface area contributed by atoms with E-state index in [1.807, 2.05) is 17.9 Å². The van der Waals surface area contributed by atoms with Crippen molar-refractivity contribution in [2.75, 3.05) is 39.3 Å². The quantitative estimate of drug-likeness (QED) is 0.643. The second kappa shape index (κ2) is 9.74. The Morgan fingerprint density at radius 3 is 2.44 bits per heavy atom. The van der Waals surface area contributed by atoms with E-state index in [9.17, 15) is 14.0 Å². The highest BCUT2D eigenvalue weighted by Crippen LogP contribution is 2.30. The molecule has 0 spiro atoms. The van der Waals surface area contributed by atoms with Crippen molar-refractivity contribution in [3.8, 4) is 22.8 Å². The molecule has 8 heteroatoms. The third-order valence-electron chi connectivity index (χ3n) is 5.43. The van der Waals surface area contributed by atoms with Gasteiger partial charge in [-0.15, -0.1) is 0 Å². The summed E-state index contributed by atoms with van der Waals surface area (Å²) in [6.07, 6.45) is 1.47. The maximum atomic E-state index is 14.1. The van der Waals surface area contributed by atoms with Crippen LogP contribution in [0.25, 0.3) is 22.8 Å². The van der Waals surface area contributed by atoms with Crippen molar-refractivity contribution in [1.29, 1.82) is 0 Å². The summed E-state index contributed by atoms with van der Waals surface area (Å²) in [7, 11) is 0. The number of amides is 2. The van der Waals surface area contributed by atoms with Gasteiger partial charge >= 0.3 is 0 Å². The van der Waals surface area contributed by atoms with Crippen LogP contribution in [-0.2, 0) is 4.79 Å². The van der Waals surface area contributed by atoms with Gasteiger partial charge in [-0.05, 0) is 31.2 Å². The zero-order chi connectivity index (χ0) is 22.5. The van der Waals surface area contributed by atoms with Crippen LogP contribution >= 0.6 is 0 Å². The van der Waals surface area contributed by atoms with Crippen molar-refractivity contribution in [2.24, 2.45) is 0 Å². The zero-order valence-corrected chi connectivity index (χ0v) is 17.9. The van der Waals surface area contributed by atoms with Crippen LogP contribution in [0.5, 0.6) is 0 Å². The molecule has 0 bridgehead atoms. The van der Waals surface area contributed by atoms with Crippen LogP contribution in [0.4, 0.5) is 4.39 Å². The fourth-order valence-electron chi connectivity index (χ4n) is 3.78. The molecule has 7 nitrogen and oxygen atoms in total. The van der Waals surface area contributed by atoms with Crippen molar-refractivity contribution >= 4 is 11.8 Å². The molecule has 166 valence electrons. The largest absolute Gasteiger partial charge is 0.436 e. The predicted octanol–water partition coefficient (Wildman–Crippen LogP) is 3.04. The molecule has 1 fully saturated rings. The van der Waals surface area contributed by atoms with E-state index in [2.05, 4.69) is 10.3 Å². The molecule has 1 N–H and O–H groups in total. The molecule has 0 aliphatic carbocycles. The number of benzene rings is 2. The average Bonchev–Trinajstić information content (AvgIpc) is 3.29. The van der Waals surface area contributed by atoms with Gasteiger partial charge in [-0.1, -0.05) is 24.3 Å². The number of piperazine rings is 1. The van der Waals surface area contributed by atoms with Gasteiger partial charge in [0.15, 0.2) is 5.76 Å². The number of halogens is 1. The van der Waals surface area contributed by atoms with Crippen LogP contribution in [0.2, 0.25) is 0 Å². The summed E-state index contributed by atoms with van der Waals surface area (Å²) in [5, 5.41) is 2.79. The van der Waals surface area contributed by atoms with Gasteiger partial charge in [0.25, 0.3) is 5.91 Å². The van der Waals surface area contributed by atoms with Crippen LogP contribution in [0.3, 0.4) is 0 Å². The number of carbonyl (C=O) groups is 2. The van der Waals surface area contributed by atoms with E-state index in [4.69, 9.17) is 4.42 Å². The molecule has 0 saturated carbocycles. The van der Waals surface area contributed by atoms with Crippen LogP contribution in [-0.4, -0.2) is 65.9 Å². The van der Waals surface area contributed by atoms with Gasteiger partial charge in [-0.3, -0.25) is 14.5 Å². The SMILES string of the molecule is CCNC(=O)CN1CCN(C(=O)c2ccccc2-c2ncc(-c3ccccc3F)o2)CC1. The number of nitrogens with one attached hydrogen (secondary N) is 1. The van der Waals surface area contributed by atoms with E-state index < -0.39 is 5.82 Å². The lowest BCUT2D eigenvalue weighted by molar-refractivity contribution is -0.122. The number of aromatic nitrogens is 1. The second-order valence-electron chi connectivity index (χ2n) is 7.58. The molecule has 32 heavy (non-hydrogen) atoms. The van der Waals surface area contributed by atoms with Gasteiger partial charge < -0.3 is 14.6 Å². The Morgan fingerprint density at radius 2 is 1.72 bits per heavy atom. The molecule has 1 aliphatic rings. The molecule has 3 aromatic rings. The maximum Gasteiger partial charge on any atom is 0.254 e. The molecule has 2 aromatic carbocycles. The predicted molar refractivity (Wildman–Crippen MR) is 118 cm³/mol. The summed E-state index contributed by atoms with van der Waals surface area (Å²) in [6.45, 7) is 5.13. The number of hydrogen-bond donors (Lipinski definition) is 1. The highest BCUT2D eigenvalue weighted by Gasteiger charge is 2.26. The first-order valence-corrected chi connectivity index (χ1v) is 10.6. The number of oxazole rings is 1. The fraction of sp³-hybridized carbons (Fsp3) is 0.292. The lowest BCUT2D eigenvalue weighted by atomic mass is 10.1. The van der Waals surface area contributed by atoms with Crippen molar-refractivity contribution < 1.29 is 18.4 Å². The summed E-state index contributed by atoms with van der Waals surface area (Å²) in [4.78, 5) is 33.2. The third-order valence-corrected chi connectivity index (χ3v) is 5.43. The second-order valence-corrected chi connectivity index (χ2v) is 7.58. The summed E-state index contributed by atoms with van der Waals surface area (Å²) < 4.78 is 19.9.